The van der Waals surface area contributed by atoms with Crippen molar-refractivity contribution in [2.45, 2.75) is 20.3 Å². The van der Waals surface area contributed by atoms with E-state index in [0.717, 1.165) is 12.5 Å². The molecule has 1 aromatic heterocycles. The molecule has 1 aromatic carbocycles. The first kappa shape index (κ1) is 20.4. The molecule has 0 radical (unpaired) electrons. The van der Waals surface area contributed by atoms with E-state index < -0.39 is 11.8 Å². The van der Waals surface area contributed by atoms with E-state index in [1.165, 1.54) is 19.1 Å². The van der Waals surface area contributed by atoms with Crippen LogP contribution in [0.25, 0.3) is 0 Å². The Morgan fingerprint density at radius 1 is 1.15 bits per heavy atom. The van der Waals surface area contributed by atoms with Gasteiger partial charge in [-0.2, -0.15) is 4.98 Å². The molecule has 0 saturated heterocycles. The number of carbonyl (C=O) groups excluding carboxylic acids is 2. The lowest BCUT2D eigenvalue weighted by atomic mass is 10.3. The maximum Gasteiger partial charge on any atom is 0.326 e. The number of halogens is 2. The summed E-state index contributed by atoms with van der Waals surface area (Å²) in [6.07, 6.45) is 0.719. The van der Waals surface area contributed by atoms with Crippen LogP contribution < -0.4 is 21.3 Å². The monoisotopic (exact) mass is 394 g/mol. The van der Waals surface area contributed by atoms with Crippen molar-refractivity contribution in [3.63, 3.8) is 0 Å². The van der Waals surface area contributed by atoms with Crippen LogP contribution >= 0.6 is 11.6 Å². The first-order chi connectivity index (χ1) is 12.8. The Labute approximate surface area is 160 Å². The Kier molecular flexibility index (Phi) is 7.30. The van der Waals surface area contributed by atoms with E-state index in [0.29, 0.717) is 30.3 Å². The minimum absolute atomic E-state index is 0.0761. The Morgan fingerprint density at radius 2 is 1.93 bits per heavy atom. The van der Waals surface area contributed by atoms with E-state index in [1.807, 2.05) is 0 Å². The smallest absolute Gasteiger partial charge is 0.326 e. The number of hydrogen-bond acceptors (Lipinski definition) is 5. The van der Waals surface area contributed by atoms with E-state index in [9.17, 15) is 14.0 Å². The van der Waals surface area contributed by atoms with Crippen molar-refractivity contribution >= 4 is 41.0 Å². The van der Waals surface area contributed by atoms with Crippen molar-refractivity contribution < 1.29 is 14.0 Å². The molecule has 0 aliphatic rings. The highest BCUT2D eigenvalue weighted by Gasteiger charge is 2.09. The van der Waals surface area contributed by atoms with Crippen LogP contribution in [0.3, 0.4) is 0 Å². The minimum atomic E-state index is -0.583. The summed E-state index contributed by atoms with van der Waals surface area (Å²) in [5.74, 6) is 0.0159. The molecule has 2 rings (SSSR count). The van der Waals surface area contributed by atoms with E-state index in [-0.39, 0.29) is 16.9 Å². The van der Waals surface area contributed by atoms with Gasteiger partial charge in [0, 0.05) is 37.5 Å². The van der Waals surface area contributed by atoms with E-state index in [4.69, 9.17) is 11.6 Å². The number of anilines is 3. The van der Waals surface area contributed by atoms with Crippen LogP contribution in [-0.2, 0) is 4.79 Å². The second kappa shape index (κ2) is 9.67. The fourth-order valence-electron chi connectivity index (χ4n) is 2.12. The lowest BCUT2D eigenvalue weighted by molar-refractivity contribution is -0.118. The standard InChI is InChI=1S/C17H20ClFN6O2/c1-10-8-15(21-7-3-6-20-11(2)26)24-16(22-10)25-17(27)23-12-4-5-14(19)13(18)9-12/h4-5,8-9H,3,6-7H2,1-2H3,(H,20,26)(H3,21,22,23,24,25,27). The van der Waals surface area contributed by atoms with Crippen LogP contribution in [0.2, 0.25) is 5.02 Å². The summed E-state index contributed by atoms with van der Waals surface area (Å²) in [6.45, 7) is 4.38. The Balaban J connectivity index is 1.91. The molecule has 0 aliphatic carbocycles. The van der Waals surface area contributed by atoms with E-state index in [2.05, 4.69) is 31.2 Å². The lowest BCUT2D eigenvalue weighted by Gasteiger charge is -2.10. The molecule has 8 nitrogen and oxygen atoms in total. The molecule has 27 heavy (non-hydrogen) atoms. The Morgan fingerprint density at radius 3 is 2.63 bits per heavy atom. The number of benzene rings is 1. The van der Waals surface area contributed by atoms with Gasteiger partial charge in [-0.25, -0.2) is 14.2 Å². The van der Waals surface area contributed by atoms with Gasteiger partial charge < -0.3 is 16.0 Å². The van der Waals surface area contributed by atoms with Crippen LogP contribution in [0.4, 0.5) is 26.6 Å². The zero-order valence-electron chi connectivity index (χ0n) is 14.9. The minimum Gasteiger partial charge on any atom is -0.370 e. The topological polar surface area (TPSA) is 108 Å². The molecular formula is C17H20ClFN6O2. The summed E-state index contributed by atoms with van der Waals surface area (Å²) in [5.41, 5.74) is 0.998. The molecule has 144 valence electrons. The molecule has 0 spiro atoms. The first-order valence-corrected chi connectivity index (χ1v) is 8.58. The van der Waals surface area contributed by atoms with E-state index in [1.54, 1.807) is 13.0 Å². The normalized spacial score (nSPS) is 10.2. The number of nitrogens with zero attached hydrogens (tertiary/aromatic N) is 2. The molecule has 0 bridgehead atoms. The van der Waals surface area contributed by atoms with Crippen LogP contribution in [0.1, 0.15) is 19.0 Å². The predicted molar refractivity (Wildman–Crippen MR) is 103 cm³/mol. The molecule has 4 N–H and O–H groups in total. The van der Waals surface area contributed by atoms with Crippen molar-refractivity contribution in [2.75, 3.05) is 29.0 Å². The number of hydrogen-bond donors (Lipinski definition) is 4. The molecule has 1 heterocycles. The van der Waals surface area contributed by atoms with Crippen molar-refractivity contribution in [3.05, 3.63) is 40.8 Å². The average Bonchev–Trinajstić information content (AvgIpc) is 2.57. The van der Waals surface area contributed by atoms with Gasteiger partial charge in [0.25, 0.3) is 0 Å². The molecule has 0 fully saturated rings. The molecule has 2 aromatic rings. The van der Waals surface area contributed by atoms with Gasteiger partial charge in [-0.1, -0.05) is 11.6 Å². The van der Waals surface area contributed by atoms with Crippen molar-refractivity contribution in [1.82, 2.24) is 15.3 Å². The van der Waals surface area contributed by atoms with Crippen molar-refractivity contribution in [3.8, 4) is 0 Å². The number of aromatic nitrogens is 2. The van der Waals surface area contributed by atoms with Gasteiger partial charge in [-0.15, -0.1) is 0 Å². The highest BCUT2D eigenvalue weighted by atomic mass is 35.5. The second-order valence-electron chi connectivity index (χ2n) is 5.69. The molecule has 0 atom stereocenters. The van der Waals surface area contributed by atoms with Crippen LogP contribution in [-0.4, -0.2) is 35.0 Å². The molecule has 0 unspecified atom stereocenters. The van der Waals surface area contributed by atoms with E-state index >= 15 is 0 Å². The number of nitrogens with one attached hydrogen (secondary N) is 4. The second-order valence-corrected chi connectivity index (χ2v) is 6.10. The molecule has 0 saturated carbocycles. The van der Waals surface area contributed by atoms with Gasteiger partial charge in [-0.05, 0) is 31.5 Å². The average molecular weight is 395 g/mol. The largest absolute Gasteiger partial charge is 0.370 e. The molecule has 3 amide bonds. The SMILES string of the molecule is CC(=O)NCCCNc1cc(C)nc(NC(=O)Nc2ccc(F)c(Cl)c2)n1. The van der Waals surface area contributed by atoms with Crippen LogP contribution in [0.5, 0.6) is 0 Å². The third-order valence-corrected chi connectivity index (χ3v) is 3.58. The zero-order chi connectivity index (χ0) is 19.8. The van der Waals surface area contributed by atoms with Gasteiger partial charge in [0.1, 0.15) is 11.6 Å². The quantitative estimate of drug-likeness (QED) is 0.539. The summed E-state index contributed by atoms with van der Waals surface area (Å²) in [5, 5.41) is 10.8. The maximum absolute atomic E-state index is 13.2. The summed E-state index contributed by atoms with van der Waals surface area (Å²) in [4.78, 5) is 31.2. The molecule has 10 heteroatoms. The number of rotatable bonds is 7. The van der Waals surface area contributed by atoms with Gasteiger partial charge in [0.2, 0.25) is 11.9 Å². The summed E-state index contributed by atoms with van der Waals surface area (Å²) in [6, 6.07) is 5.00. The number of urea groups is 1. The fourth-order valence-corrected chi connectivity index (χ4v) is 2.30. The zero-order valence-corrected chi connectivity index (χ0v) is 15.7. The molecular weight excluding hydrogens is 375 g/mol. The van der Waals surface area contributed by atoms with Gasteiger partial charge >= 0.3 is 6.03 Å². The van der Waals surface area contributed by atoms with Gasteiger partial charge in [0.05, 0.1) is 5.02 Å². The summed E-state index contributed by atoms with van der Waals surface area (Å²) >= 11 is 5.68. The summed E-state index contributed by atoms with van der Waals surface area (Å²) in [7, 11) is 0. The van der Waals surface area contributed by atoms with Gasteiger partial charge in [0.15, 0.2) is 0 Å². The lowest BCUT2D eigenvalue weighted by Crippen LogP contribution is -2.23. The highest BCUT2D eigenvalue weighted by Crippen LogP contribution is 2.19. The number of carbonyl (C=O) groups is 2. The predicted octanol–water partition coefficient (Wildman–Crippen LogP) is 3.16. The van der Waals surface area contributed by atoms with Crippen molar-refractivity contribution in [1.29, 1.82) is 0 Å². The van der Waals surface area contributed by atoms with Gasteiger partial charge in [-0.3, -0.25) is 10.1 Å². The number of aryl methyl sites for hydroxylation is 1. The third kappa shape index (κ3) is 7.06. The highest BCUT2D eigenvalue weighted by molar-refractivity contribution is 6.31. The van der Waals surface area contributed by atoms with Crippen molar-refractivity contribution in [2.24, 2.45) is 0 Å². The summed E-state index contributed by atoms with van der Waals surface area (Å²) < 4.78 is 13.2. The van der Waals surface area contributed by atoms with Crippen LogP contribution in [0.15, 0.2) is 24.3 Å². The number of amides is 3. The van der Waals surface area contributed by atoms with Crippen LogP contribution in [0, 0.1) is 12.7 Å². The first-order valence-electron chi connectivity index (χ1n) is 8.20. The maximum atomic E-state index is 13.2. The third-order valence-electron chi connectivity index (χ3n) is 3.29. The fraction of sp³-hybridized carbons (Fsp3) is 0.294. The molecule has 0 aliphatic heterocycles. The Bertz CT molecular complexity index is 833. The Hall–Kier alpha value is -2.94.